The zero-order valence-electron chi connectivity index (χ0n) is 14.8. The Kier molecular flexibility index (Phi) is 4.50. The first-order valence-corrected chi connectivity index (χ1v) is 9.41. The average Bonchev–Trinajstić information content (AvgIpc) is 3.15. The zero-order chi connectivity index (χ0) is 17.4. The lowest BCUT2D eigenvalue weighted by molar-refractivity contribution is -0.120. The van der Waals surface area contributed by atoms with E-state index in [-0.39, 0.29) is 11.8 Å². The van der Waals surface area contributed by atoms with Crippen molar-refractivity contribution in [3.63, 3.8) is 0 Å². The Hall–Kier alpha value is -1.89. The number of nitrogens with zero attached hydrogens (tertiary/aromatic N) is 3. The van der Waals surface area contributed by atoms with Gasteiger partial charge < -0.3 is 10.2 Å². The summed E-state index contributed by atoms with van der Waals surface area (Å²) in [5.74, 6) is 1.07. The van der Waals surface area contributed by atoms with Gasteiger partial charge in [-0.1, -0.05) is 6.42 Å². The highest BCUT2D eigenvalue weighted by molar-refractivity contribution is 5.93. The Morgan fingerprint density at radius 2 is 2.16 bits per heavy atom. The largest absolute Gasteiger partial charge is 0.355 e. The molecule has 7 nitrogen and oxygen atoms in total. The average molecular weight is 345 g/mol. The third-order valence-corrected chi connectivity index (χ3v) is 6.21. The van der Waals surface area contributed by atoms with Crippen molar-refractivity contribution in [2.24, 2.45) is 11.8 Å². The second-order valence-corrected chi connectivity index (χ2v) is 7.76. The molecule has 1 aromatic heterocycles. The molecule has 0 spiro atoms. The van der Waals surface area contributed by atoms with Crippen LogP contribution in [0.1, 0.15) is 43.0 Å². The summed E-state index contributed by atoms with van der Waals surface area (Å²) < 4.78 is 0. The molecule has 3 aliphatic rings. The third kappa shape index (κ3) is 3.17. The molecule has 4 heterocycles. The Balaban J connectivity index is 1.55. The van der Waals surface area contributed by atoms with E-state index < -0.39 is 0 Å². The number of rotatable bonds is 3. The van der Waals surface area contributed by atoms with Crippen LogP contribution < -0.4 is 5.32 Å². The highest BCUT2D eigenvalue weighted by atomic mass is 16.2. The van der Waals surface area contributed by atoms with Crippen LogP contribution in [0.4, 0.5) is 0 Å². The van der Waals surface area contributed by atoms with E-state index in [2.05, 4.69) is 20.4 Å². The van der Waals surface area contributed by atoms with Gasteiger partial charge in [-0.2, -0.15) is 5.10 Å². The number of carbonyl (C=O) groups excluding carboxylic acids is 2. The predicted molar refractivity (Wildman–Crippen MR) is 92.9 cm³/mol. The first-order valence-electron chi connectivity index (χ1n) is 9.41. The molecule has 4 rings (SSSR count). The standard InChI is InChI=1S/C18H27N5O2/c1-12(24)19-9-17-14-6-13(16-4-2-3-5-23(16)17)10-22(11-14)18(25)15-7-20-21-8-15/h7-8,13-14,16-17H,2-6,9-11H2,1H3,(H,19,24)(H,20,21)/t13-,14+,16+,17+/m1/s1. The van der Waals surface area contributed by atoms with Gasteiger partial charge in [-0.25, -0.2) is 0 Å². The molecule has 2 N–H and O–H groups in total. The van der Waals surface area contributed by atoms with Crippen molar-refractivity contribution < 1.29 is 9.59 Å². The van der Waals surface area contributed by atoms with Gasteiger partial charge in [0.1, 0.15) is 0 Å². The van der Waals surface area contributed by atoms with Crippen LogP contribution in [0.15, 0.2) is 12.4 Å². The topological polar surface area (TPSA) is 81.3 Å². The summed E-state index contributed by atoms with van der Waals surface area (Å²) in [7, 11) is 0. The maximum Gasteiger partial charge on any atom is 0.257 e. The van der Waals surface area contributed by atoms with E-state index in [9.17, 15) is 9.59 Å². The summed E-state index contributed by atoms with van der Waals surface area (Å²) in [4.78, 5) is 28.9. The van der Waals surface area contributed by atoms with E-state index in [4.69, 9.17) is 0 Å². The Morgan fingerprint density at radius 1 is 1.32 bits per heavy atom. The molecule has 0 aromatic carbocycles. The van der Waals surface area contributed by atoms with Crippen LogP contribution in [0.5, 0.6) is 0 Å². The number of amides is 2. The van der Waals surface area contributed by atoms with Crippen LogP contribution in [-0.2, 0) is 4.79 Å². The maximum absolute atomic E-state index is 12.8. The molecule has 7 heteroatoms. The van der Waals surface area contributed by atoms with E-state index in [1.54, 1.807) is 19.3 Å². The fourth-order valence-corrected chi connectivity index (χ4v) is 5.15. The van der Waals surface area contributed by atoms with Crippen molar-refractivity contribution in [1.29, 1.82) is 0 Å². The van der Waals surface area contributed by atoms with Gasteiger partial charge in [0.15, 0.2) is 0 Å². The van der Waals surface area contributed by atoms with E-state index in [0.29, 0.717) is 36.0 Å². The molecule has 2 amide bonds. The zero-order valence-corrected chi connectivity index (χ0v) is 14.8. The minimum Gasteiger partial charge on any atom is -0.355 e. The summed E-state index contributed by atoms with van der Waals surface area (Å²) in [5.41, 5.74) is 0.638. The second kappa shape index (κ2) is 6.78. The van der Waals surface area contributed by atoms with E-state index in [1.807, 2.05) is 4.90 Å². The minimum absolute atomic E-state index is 0.0258. The van der Waals surface area contributed by atoms with Crippen molar-refractivity contribution in [3.05, 3.63) is 18.0 Å². The Bertz CT molecular complexity index is 631. The quantitative estimate of drug-likeness (QED) is 0.851. The lowest BCUT2D eigenvalue weighted by Gasteiger charge is -2.56. The predicted octanol–water partition coefficient (Wildman–Crippen LogP) is 0.861. The highest BCUT2D eigenvalue weighted by Crippen LogP contribution is 2.41. The smallest absolute Gasteiger partial charge is 0.257 e. The van der Waals surface area contributed by atoms with Crippen molar-refractivity contribution in [2.45, 2.75) is 44.7 Å². The number of fused-ring (bicyclic) bond motifs is 4. The molecule has 0 radical (unpaired) electrons. The van der Waals surface area contributed by atoms with Gasteiger partial charge in [-0.15, -0.1) is 0 Å². The SMILES string of the molecule is CC(=O)NC[C@H]1[C@H]2C[C@H](CN(C(=O)c3cn[nH]c3)C2)[C@@H]2CCCCN21. The monoisotopic (exact) mass is 345 g/mol. The molecule has 0 aliphatic carbocycles. The summed E-state index contributed by atoms with van der Waals surface area (Å²) in [5, 5.41) is 9.67. The van der Waals surface area contributed by atoms with Gasteiger partial charge in [-0.3, -0.25) is 19.6 Å². The summed E-state index contributed by atoms with van der Waals surface area (Å²) in [6, 6.07) is 0.883. The van der Waals surface area contributed by atoms with Crippen LogP contribution in [-0.4, -0.2) is 70.1 Å². The number of aromatic nitrogens is 2. The number of aromatic amines is 1. The van der Waals surface area contributed by atoms with Crippen molar-refractivity contribution in [2.75, 3.05) is 26.2 Å². The number of likely N-dealkylation sites (tertiary alicyclic amines) is 1. The first kappa shape index (κ1) is 16.6. The molecule has 4 atom stereocenters. The van der Waals surface area contributed by atoms with Crippen molar-refractivity contribution in [3.8, 4) is 0 Å². The van der Waals surface area contributed by atoms with Gasteiger partial charge in [0.2, 0.25) is 5.91 Å². The lowest BCUT2D eigenvalue weighted by atomic mass is 9.72. The van der Waals surface area contributed by atoms with Gasteiger partial charge in [0.25, 0.3) is 5.91 Å². The number of carbonyl (C=O) groups is 2. The van der Waals surface area contributed by atoms with Gasteiger partial charge in [0.05, 0.1) is 11.8 Å². The van der Waals surface area contributed by atoms with Gasteiger partial charge in [0, 0.05) is 44.8 Å². The molecule has 3 saturated heterocycles. The number of piperidine rings is 3. The van der Waals surface area contributed by atoms with Crippen LogP contribution in [0.3, 0.4) is 0 Å². The molecule has 2 bridgehead atoms. The molecule has 3 fully saturated rings. The Morgan fingerprint density at radius 3 is 2.92 bits per heavy atom. The second-order valence-electron chi connectivity index (χ2n) is 7.76. The number of nitrogens with one attached hydrogen (secondary N) is 2. The summed E-state index contributed by atoms with van der Waals surface area (Å²) in [6.45, 7) is 5.01. The van der Waals surface area contributed by atoms with Crippen molar-refractivity contribution in [1.82, 2.24) is 25.3 Å². The van der Waals surface area contributed by atoms with Gasteiger partial charge in [-0.05, 0) is 37.6 Å². The number of hydrogen-bond acceptors (Lipinski definition) is 4. The highest BCUT2D eigenvalue weighted by Gasteiger charge is 2.47. The lowest BCUT2D eigenvalue weighted by Crippen LogP contribution is -2.66. The van der Waals surface area contributed by atoms with E-state index >= 15 is 0 Å². The van der Waals surface area contributed by atoms with Gasteiger partial charge >= 0.3 is 0 Å². The van der Waals surface area contributed by atoms with Crippen LogP contribution in [0.2, 0.25) is 0 Å². The summed E-state index contributed by atoms with van der Waals surface area (Å²) >= 11 is 0. The summed E-state index contributed by atoms with van der Waals surface area (Å²) in [6.07, 6.45) is 8.17. The normalized spacial score (nSPS) is 32.1. The first-order chi connectivity index (χ1) is 12.1. The minimum atomic E-state index is 0.0258. The molecule has 136 valence electrons. The van der Waals surface area contributed by atoms with Crippen LogP contribution in [0, 0.1) is 11.8 Å². The third-order valence-electron chi connectivity index (χ3n) is 6.21. The maximum atomic E-state index is 12.8. The molecule has 3 aliphatic heterocycles. The molecule has 1 aromatic rings. The molecular formula is C18H27N5O2. The number of hydrogen-bond donors (Lipinski definition) is 2. The molecule has 25 heavy (non-hydrogen) atoms. The molecule has 0 unspecified atom stereocenters. The fraction of sp³-hybridized carbons (Fsp3) is 0.722. The van der Waals surface area contributed by atoms with Crippen LogP contribution >= 0.6 is 0 Å². The van der Waals surface area contributed by atoms with E-state index in [1.165, 1.54) is 25.7 Å². The van der Waals surface area contributed by atoms with Crippen LogP contribution in [0.25, 0.3) is 0 Å². The number of H-pyrrole nitrogens is 1. The fourth-order valence-electron chi connectivity index (χ4n) is 5.15. The molecular weight excluding hydrogens is 318 g/mol. The van der Waals surface area contributed by atoms with E-state index in [0.717, 1.165) is 19.6 Å². The Labute approximate surface area is 148 Å². The molecule has 0 saturated carbocycles. The van der Waals surface area contributed by atoms with Crippen molar-refractivity contribution >= 4 is 11.8 Å².